The predicted molar refractivity (Wildman–Crippen MR) is 233 cm³/mol. The predicted octanol–water partition coefficient (Wildman–Crippen LogP) is 14.5. The maximum atomic E-state index is 2.65. The first-order valence-corrected chi connectivity index (χ1v) is 21.0. The first-order chi connectivity index (χ1) is 27.5. The van der Waals surface area contributed by atoms with Gasteiger partial charge in [0.15, 0.2) is 0 Å². The molecule has 0 unspecified atom stereocenters. The molecule has 0 aliphatic heterocycles. The number of hydrogen-bond donors (Lipinski definition) is 0. The molecule has 6 aliphatic carbocycles. The van der Waals surface area contributed by atoms with Crippen LogP contribution in [0.4, 0.5) is 17.1 Å². The van der Waals surface area contributed by atoms with Gasteiger partial charge in [0, 0.05) is 27.8 Å². The zero-order valence-electron chi connectivity index (χ0n) is 32.4. The molecule has 272 valence electrons. The largest absolute Gasteiger partial charge is 0.310 e. The van der Waals surface area contributed by atoms with Crippen LogP contribution in [0, 0.1) is 23.7 Å². The van der Waals surface area contributed by atoms with Gasteiger partial charge in [-0.25, -0.2) is 0 Å². The molecule has 7 aromatic rings. The van der Waals surface area contributed by atoms with E-state index in [0.29, 0.717) is 0 Å². The van der Waals surface area contributed by atoms with Crippen molar-refractivity contribution in [1.29, 1.82) is 0 Å². The van der Waals surface area contributed by atoms with E-state index in [9.17, 15) is 0 Å². The summed E-state index contributed by atoms with van der Waals surface area (Å²) < 4.78 is 0. The molecule has 1 nitrogen and oxygen atoms in total. The summed E-state index contributed by atoms with van der Waals surface area (Å²) in [6.45, 7) is 4.79. The summed E-state index contributed by atoms with van der Waals surface area (Å²) >= 11 is 0. The number of nitrogens with zero attached hydrogens (tertiary/aromatic N) is 1. The van der Waals surface area contributed by atoms with Crippen molar-refractivity contribution in [2.24, 2.45) is 23.7 Å². The van der Waals surface area contributed by atoms with Crippen molar-refractivity contribution in [1.82, 2.24) is 0 Å². The van der Waals surface area contributed by atoms with Gasteiger partial charge in [-0.2, -0.15) is 0 Å². The molecule has 0 aromatic heterocycles. The first-order valence-electron chi connectivity index (χ1n) is 21.0. The number of benzene rings is 7. The van der Waals surface area contributed by atoms with E-state index in [1.54, 1.807) is 11.1 Å². The van der Waals surface area contributed by atoms with Crippen LogP contribution in [0.25, 0.3) is 44.5 Å². The highest BCUT2D eigenvalue weighted by atomic mass is 15.1. The molecule has 0 N–H and O–H groups in total. The second-order valence-corrected chi connectivity index (χ2v) is 18.1. The first kappa shape index (κ1) is 32.6. The van der Waals surface area contributed by atoms with Gasteiger partial charge < -0.3 is 4.90 Å². The third-order valence-corrected chi connectivity index (χ3v) is 15.1. The van der Waals surface area contributed by atoms with Crippen LogP contribution in [0.3, 0.4) is 0 Å². The maximum absolute atomic E-state index is 2.65. The number of hydrogen-bond acceptors (Lipinski definition) is 1. The van der Waals surface area contributed by atoms with E-state index >= 15 is 0 Å². The Kier molecular flexibility index (Phi) is 6.93. The Morgan fingerprint density at radius 1 is 0.411 bits per heavy atom. The van der Waals surface area contributed by atoms with Gasteiger partial charge in [-0.15, -0.1) is 0 Å². The Balaban J connectivity index is 1.06. The second-order valence-electron chi connectivity index (χ2n) is 18.1. The Morgan fingerprint density at radius 3 is 1.64 bits per heavy atom. The van der Waals surface area contributed by atoms with Crippen LogP contribution in [-0.2, 0) is 10.8 Å². The Labute approximate surface area is 331 Å². The molecular formula is C55H47N. The lowest BCUT2D eigenvalue weighted by Crippen LogP contribution is -2.55. The van der Waals surface area contributed by atoms with Gasteiger partial charge in [0.1, 0.15) is 0 Å². The fourth-order valence-corrected chi connectivity index (χ4v) is 13.0. The van der Waals surface area contributed by atoms with Gasteiger partial charge in [0.05, 0.1) is 5.69 Å². The maximum Gasteiger partial charge on any atom is 0.0543 e. The van der Waals surface area contributed by atoms with Crippen LogP contribution >= 0.6 is 0 Å². The normalized spacial score (nSPS) is 24.1. The smallest absolute Gasteiger partial charge is 0.0543 e. The molecule has 1 heteroatoms. The van der Waals surface area contributed by atoms with Crippen LogP contribution in [-0.4, -0.2) is 0 Å². The van der Waals surface area contributed by atoms with Gasteiger partial charge in [0.25, 0.3) is 0 Å². The van der Waals surface area contributed by atoms with Crippen molar-refractivity contribution in [2.45, 2.75) is 56.8 Å². The number of fused-ring (bicyclic) bond motifs is 6. The van der Waals surface area contributed by atoms with Gasteiger partial charge in [0.2, 0.25) is 0 Å². The van der Waals surface area contributed by atoms with E-state index < -0.39 is 0 Å². The van der Waals surface area contributed by atoms with Crippen molar-refractivity contribution in [3.05, 3.63) is 186 Å². The second kappa shape index (κ2) is 11.9. The molecule has 0 saturated heterocycles. The third kappa shape index (κ3) is 4.43. The number of rotatable bonds is 5. The van der Waals surface area contributed by atoms with Crippen LogP contribution in [0.2, 0.25) is 0 Å². The SMILES string of the molecule is CC1(C)c2ccccc2-c2c(N(c3ccc(-c4ccccc4-c4ccccc4)cc3)c3ccc4c(c3)C3(c5ccccc5-4)C4CC5CC(C4)CC3C5)cccc21. The zero-order chi connectivity index (χ0) is 37.2. The zero-order valence-corrected chi connectivity index (χ0v) is 32.4. The van der Waals surface area contributed by atoms with Crippen molar-refractivity contribution in [3.63, 3.8) is 0 Å². The molecule has 1 spiro atoms. The fraction of sp³-hybridized carbons (Fsp3) is 0.236. The molecule has 56 heavy (non-hydrogen) atoms. The standard InChI is InChI=1S/C55H47N/c1-54(2)48-19-10-9-18-47(48)53-50(54)21-12-22-52(53)56(41-25-23-38(24-26-41)44-16-7-6-15-43(44)37-13-4-3-5-14-37)42-27-28-46-45-17-8-11-20-49(45)55(51(46)34-42)39-30-35-29-36(32-39)33-40(55)31-35/h3-28,34-36,39-40H,29-33H2,1-2H3. The lowest BCUT2D eigenvalue weighted by molar-refractivity contribution is -0.0399. The molecule has 0 radical (unpaired) electrons. The summed E-state index contributed by atoms with van der Waals surface area (Å²) in [6.07, 6.45) is 7.02. The molecule has 4 saturated carbocycles. The van der Waals surface area contributed by atoms with Gasteiger partial charge >= 0.3 is 0 Å². The van der Waals surface area contributed by atoms with Gasteiger partial charge in [-0.3, -0.25) is 0 Å². The molecule has 7 aromatic carbocycles. The van der Waals surface area contributed by atoms with Crippen molar-refractivity contribution in [2.75, 3.05) is 4.90 Å². The molecule has 4 fully saturated rings. The van der Waals surface area contributed by atoms with Gasteiger partial charge in [-0.1, -0.05) is 147 Å². The lowest BCUT2D eigenvalue weighted by atomic mass is 9.43. The fourth-order valence-electron chi connectivity index (χ4n) is 13.0. The average Bonchev–Trinajstić information content (AvgIpc) is 3.66. The summed E-state index contributed by atoms with van der Waals surface area (Å²) in [6, 6.07) is 62.2. The van der Waals surface area contributed by atoms with Crippen LogP contribution < -0.4 is 4.90 Å². The molecule has 6 aliphatic rings. The third-order valence-electron chi connectivity index (χ3n) is 15.1. The topological polar surface area (TPSA) is 3.24 Å². The van der Waals surface area contributed by atoms with Crippen LogP contribution in [0.5, 0.6) is 0 Å². The minimum atomic E-state index is -0.0807. The van der Waals surface area contributed by atoms with Crippen LogP contribution in [0.1, 0.15) is 68.2 Å². The summed E-state index contributed by atoms with van der Waals surface area (Å²) in [5.41, 5.74) is 20.4. The highest BCUT2D eigenvalue weighted by Crippen LogP contribution is 2.69. The summed E-state index contributed by atoms with van der Waals surface area (Å²) in [7, 11) is 0. The quantitative estimate of drug-likeness (QED) is 0.171. The average molecular weight is 722 g/mol. The van der Waals surface area contributed by atoms with E-state index in [4.69, 9.17) is 0 Å². The minimum Gasteiger partial charge on any atom is -0.310 e. The van der Waals surface area contributed by atoms with Crippen molar-refractivity contribution >= 4 is 17.1 Å². The Hall–Kier alpha value is -5.66. The van der Waals surface area contributed by atoms with E-state index in [0.717, 1.165) is 23.7 Å². The summed E-state index contributed by atoms with van der Waals surface area (Å²) in [5, 5.41) is 0. The highest BCUT2D eigenvalue weighted by Gasteiger charge is 2.61. The van der Waals surface area contributed by atoms with Crippen molar-refractivity contribution < 1.29 is 0 Å². The van der Waals surface area contributed by atoms with E-state index in [-0.39, 0.29) is 10.8 Å². The van der Waals surface area contributed by atoms with Crippen molar-refractivity contribution in [3.8, 4) is 44.5 Å². The molecule has 0 heterocycles. The Bertz CT molecular complexity index is 2650. The molecule has 4 bridgehead atoms. The molecule has 0 atom stereocenters. The van der Waals surface area contributed by atoms with E-state index in [1.165, 1.54) is 105 Å². The molecule has 0 amide bonds. The number of anilines is 3. The van der Waals surface area contributed by atoms with E-state index in [2.05, 4.69) is 183 Å². The highest BCUT2D eigenvalue weighted by molar-refractivity contribution is 5.96. The monoisotopic (exact) mass is 721 g/mol. The summed E-state index contributed by atoms with van der Waals surface area (Å²) in [5.74, 6) is 3.28. The molecule has 13 rings (SSSR count). The minimum absolute atomic E-state index is 0.0807. The Morgan fingerprint density at radius 2 is 0.946 bits per heavy atom. The summed E-state index contributed by atoms with van der Waals surface area (Å²) in [4.78, 5) is 2.59. The van der Waals surface area contributed by atoms with Crippen LogP contribution in [0.15, 0.2) is 164 Å². The van der Waals surface area contributed by atoms with E-state index in [1.807, 2.05) is 0 Å². The van der Waals surface area contributed by atoms with Gasteiger partial charge in [-0.05, 0) is 147 Å². The lowest BCUT2D eigenvalue weighted by Gasteiger charge is -2.61. The molecular weight excluding hydrogens is 675 g/mol.